The molecule has 0 atom stereocenters. The van der Waals surface area contributed by atoms with Gasteiger partial charge in [0.05, 0.1) is 13.2 Å². The van der Waals surface area contributed by atoms with E-state index < -0.39 is 0 Å². The summed E-state index contributed by atoms with van der Waals surface area (Å²) in [6.07, 6.45) is 3.21. The number of rotatable bonds is 6. The van der Waals surface area contributed by atoms with Gasteiger partial charge < -0.3 is 9.64 Å². The number of hydrogen-bond donors (Lipinski definition) is 0. The molecule has 1 aliphatic rings. The lowest BCUT2D eigenvalue weighted by Gasteiger charge is -2.13. The minimum absolute atomic E-state index is 0.209. The third-order valence-electron chi connectivity index (χ3n) is 2.35. The maximum absolute atomic E-state index is 10.6. The standard InChI is InChI=1S/C10H19NO2/c1-10(12)4-8-13-9-7-11-5-2-3-6-11/h2-9H2,1H3. The van der Waals surface area contributed by atoms with Crippen molar-refractivity contribution in [3.63, 3.8) is 0 Å². The van der Waals surface area contributed by atoms with Gasteiger partial charge in [0.2, 0.25) is 0 Å². The summed E-state index contributed by atoms with van der Waals surface area (Å²) < 4.78 is 5.34. The van der Waals surface area contributed by atoms with Gasteiger partial charge in [-0.15, -0.1) is 0 Å². The SMILES string of the molecule is CC(=O)CCOCCN1CCCC1. The van der Waals surface area contributed by atoms with Crippen LogP contribution in [0.25, 0.3) is 0 Å². The molecule has 3 heteroatoms. The molecule has 13 heavy (non-hydrogen) atoms. The second-order valence-electron chi connectivity index (χ2n) is 3.61. The van der Waals surface area contributed by atoms with Crippen LogP contribution in [-0.4, -0.2) is 43.5 Å². The van der Waals surface area contributed by atoms with Gasteiger partial charge in [0.25, 0.3) is 0 Å². The number of nitrogens with zero attached hydrogens (tertiary/aromatic N) is 1. The van der Waals surface area contributed by atoms with Crippen LogP contribution in [0.5, 0.6) is 0 Å². The molecule has 0 spiro atoms. The van der Waals surface area contributed by atoms with Crippen molar-refractivity contribution in [2.45, 2.75) is 26.2 Å². The van der Waals surface area contributed by atoms with E-state index in [1.54, 1.807) is 6.92 Å². The van der Waals surface area contributed by atoms with Gasteiger partial charge in [-0.1, -0.05) is 0 Å². The fourth-order valence-corrected chi connectivity index (χ4v) is 1.52. The fourth-order valence-electron chi connectivity index (χ4n) is 1.52. The van der Waals surface area contributed by atoms with Crippen molar-refractivity contribution in [2.24, 2.45) is 0 Å². The topological polar surface area (TPSA) is 29.5 Å². The molecule has 0 radical (unpaired) electrons. The Hall–Kier alpha value is -0.410. The van der Waals surface area contributed by atoms with Crippen LogP contribution in [0.15, 0.2) is 0 Å². The Kier molecular flexibility index (Phi) is 5.01. The zero-order valence-electron chi connectivity index (χ0n) is 8.42. The van der Waals surface area contributed by atoms with E-state index in [-0.39, 0.29) is 5.78 Å². The third-order valence-corrected chi connectivity index (χ3v) is 2.35. The van der Waals surface area contributed by atoms with Crippen LogP contribution in [0.2, 0.25) is 0 Å². The average molecular weight is 185 g/mol. The molecule has 0 unspecified atom stereocenters. The monoisotopic (exact) mass is 185 g/mol. The Morgan fingerprint density at radius 2 is 2.00 bits per heavy atom. The Morgan fingerprint density at radius 1 is 1.31 bits per heavy atom. The Bertz CT molecular complexity index is 153. The quantitative estimate of drug-likeness (QED) is 0.580. The number of ether oxygens (including phenoxy) is 1. The van der Waals surface area contributed by atoms with Crippen molar-refractivity contribution in [3.8, 4) is 0 Å². The van der Waals surface area contributed by atoms with E-state index in [9.17, 15) is 4.79 Å². The summed E-state index contributed by atoms with van der Waals surface area (Å²) in [6.45, 7) is 6.42. The minimum Gasteiger partial charge on any atom is -0.380 e. The minimum atomic E-state index is 0.209. The fraction of sp³-hybridized carbons (Fsp3) is 0.900. The number of carbonyl (C=O) groups excluding carboxylic acids is 1. The molecule has 0 aromatic heterocycles. The number of ketones is 1. The molecule has 76 valence electrons. The molecule has 0 aliphatic carbocycles. The van der Waals surface area contributed by atoms with Crippen LogP contribution in [0.1, 0.15) is 26.2 Å². The maximum Gasteiger partial charge on any atom is 0.132 e. The van der Waals surface area contributed by atoms with Crippen LogP contribution in [0.4, 0.5) is 0 Å². The van der Waals surface area contributed by atoms with Crippen molar-refractivity contribution in [2.75, 3.05) is 32.8 Å². The first-order valence-electron chi connectivity index (χ1n) is 5.08. The zero-order chi connectivity index (χ0) is 9.52. The molecule has 1 aliphatic heterocycles. The largest absolute Gasteiger partial charge is 0.380 e. The van der Waals surface area contributed by atoms with Gasteiger partial charge in [0.1, 0.15) is 5.78 Å². The van der Waals surface area contributed by atoms with E-state index in [1.165, 1.54) is 25.9 Å². The molecule has 0 aromatic carbocycles. The summed E-state index contributed by atoms with van der Waals surface area (Å²) in [5.74, 6) is 0.209. The predicted molar refractivity (Wildman–Crippen MR) is 51.8 cm³/mol. The van der Waals surface area contributed by atoms with Crippen LogP contribution < -0.4 is 0 Å². The Balaban J connectivity index is 1.86. The van der Waals surface area contributed by atoms with Crippen LogP contribution in [-0.2, 0) is 9.53 Å². The van der Waals surface area contributed by atoms with E-state index in [1.807, 2.05) is 0 Å². The molecular formula is C10H19NO2. The Labute approximate surface area is 80.1 Å². The molecule has 1 rings (SSSR count). The summed E-state index contributed by atoms with van der Waals surface area (Å²) in [5, 5.41) is 0. The first-order chi connectivity index (χ1) is 6.29. The molecule has 0 bridgehead atoms. The highest BCUT2D eigenvalue weighted by molar-refractivity contribution is 5.75. The first kappa shape index (κ1) is 10.7. The van der Waals surface area contributed by atoms with E-state index in [2.05, 4.69) is 4.90 Å². The van der Waals surface area contributed by atoms with E-state index in [0.717, 1.165) is 13.2 Å². The van der Waals surface area contributed by atoms with E-state index in [0.29, 0.717) is 13.0 Å². The van der Waals surface area contributed by atoms with Gasteiger partial charge in [-0.3, -0.25) is 4.79 Å². The highest BCUT2D eigenvalue weighted by Gasteiger charge is 2.10. The number of likely N-dealkylation sites (tertiary alicyclic amines) is 1. The lowest BCUT2D eigenvalue weighted by molar-refractivity contribution is -0.118. The highest BCUT2D eigenvalue weighted by Crippen LogP contribution is 2.05. The lowest BCUT2D eigenvalue weighted by Crippen LogP contribution is -2.24. The molecule has 1 fully saturated rings. The summed E-state index contributed by atoms with van der Waals surface area (Å²) in [6, 6.07) is 0. The van der Waals surface area contributed by atoms with Crippen LogP contribution in [0, 0.1) is 0 Å². The van der Waals surface area contributed by atoms with Gasteiger partial charge in [-0.25, -0.2) is 0 Å². The van der Waals surface area contributed by atoms with E-state index >= 15 is 0 Å². The van der Waals surface area contributed by atoms with Crippen molar-refractivity contribution in [1.82, 2.24) is 4.90 Å². The van der Waals surface area contributed by atoms with Gasteiger partial charge in [-0.2, -0.15) is 0 Å². The second kappa shape index (κ2) is 6.11. The Morgan fingerprint density at radius 3 is 2.62 bits per heavy atom. The third kappa shape index (κ3) is 5.01. The molecule has 1 heterocycles. The van der Waals surface area contributed by atoms with Crippen LogP contribution in [0.3, 0.4) is 0 Å². The summed E-state index contributed by atoms with van der Waals surface area (Å²) in [4.78, 5) is 13.0. The van der Waals surface area contributed by atoms with Crippen LogP contribution >= 0.6 is 0 Å². The zero-order valence-corrected chi connectivity index (χ0v) is 8.42. The van der Waals surface area contributed by atoms with Gasteiger partial charge >= 0.3 is 0 Å². The number of hydrogen-bond acceptors (Lipinski definition) is 3. The smallest absolute Gasteiger partial charge is 0.132 e. The first-order valence-corrected chi connectivity index (χ1v) is 5.08. The van der Waals surface area contributed by atoms with Gasteiger partial charge in [-0.05, 0) is 32.9 Å². The summed E-state index contributed by atoms with van der Waals surface area (Å²) in [5.41, 5.74) is 0. The number of carbonyl (C=O) groups is 1. The van der Waals surface area contributed by atoms with Gasteiger partial charge in [0.15, 0.2) is 0 Å². The van der Waals surface area contributed by atoms with E-state index in [4.69, 9.17) is 4.74 Å². The predicted octanol–water partition coefficient (Wildman–Crippen LogP) is 1.08. The number of Topliss-reactive ketones (excluding diaryl/α,β-unsaturated/α-hetero) is 1. The summed E-state index contributed by atoms with van der Waals surface area (Å²) >= 11 is 0. The maximum atomic E-state index is 10.6. The highest BCUT2D eigenvalue weighted by atomic mass is 16.5. The molecule has 0 aromatic rings. The molecule has 0 saturated carbocycles. The lowest BCUT2D eigenvalue weighted by atomic mass is 10.3. The average Bonchev–Trinajstić information content (AvgIpc) is 2.55. The second-order valence-corrected chi connectivity index (χ2v) is 3.61. The molecule has 3 nitrogen and oxygen atoms in total. The van der Waals surface area contributed by atoms with Crippen molar-refractivity contribution >= 4 is 5.78 Å². The summed E-state index contributed by atoms with van der Waals surface area (Å²) in [7, 11) is 0. The van der Waals surface area contributed by atoms with Crippen molar-refractivity contribution in [1.29, 1.82) is 0 Å². The van der Waals surface area contributed by atoms with Crippen molar-refractivity contribution in [3.05, 3.63) is 0 Å². The van der Waals surface area contributed by atoms with Gasteiger partial charge in [0, 0.05) is 13.0 Å². The molecular weight excluding hydrogens is 166 g/mol. The molecule has 0 N–H and O–H groups in total. The van der Waals surface area contributed by atoms with Crippen molar-refractivity contribution < 1.29 is 9.53 Å². The molecule has 1 saturated heterocycles. The molecule has 0 amide bonds. The normalized spacial score (nSPS) is 17.9.